The minimum absolute atomic E-state index is 0.104. The summed E-state index contributed by atoms with van der Waals surface area (Å²) in [7, 11) is 0. The molecule has 116 valence electrons. The maximum atomic E-state index is 13.0. The number of nitrogens with one attached hydrogen (secondary N) is 2. The van der Waals surface area contributed by atoms with Crippen molar-refractivity contribution in [3.63, 3.8) is 0 Å². The van der Waals surface area contributed by atoms with E-state index in [-0.39, 0.29) is 24.0 Å². The van der Waals surface area contributed by atoms with Crippen LogP contribution in [-0.2, 0) is 4.79 Å². The van der Waals surface area contributed by atoms with Gasteiger partial charge in [0.1, 0.15) is 11.5 Å². The van der Waals surface area contributed by atoms with Crippen molar-refractivity contribution in [3.8, 4) is 5.69 Å². The molecule has 22 heavy (non-hydrogen) atoms. The predicted molar refractivity (Wildman–Crippen MR) is 79.2 cm³/mol. The lowest BCUT2D eigenvalue weighted by molar-refractivity contribution is -0.120. The number of hydrogen-bond acceptors (Lipinski definition) is 3. The quantitative estimate of drug-likeness (QED) is 0.844. The number of hydrogen-bond donors (Lipinski definition) is 2. The van der Waals surface area contributed by atoms with Gasteiger partial charge in [0, 0.05) is 12.2 Å². The number of benzene rings is 1. The molecule has 0 bridgehead atoms. The SMILES string of the molecule is CCCNC(=O)CNC(=O)c1cncn1-c1ccc(F)cc1. The summed E-state index contributed by atoms with van der Waals surface area (Å²) in [6.07, 6.45) is 3.68. The summed E-state index contributed by atoms with van der Waals surface area (Å²) in [6.45, 7) is 2.41. The first kappa shape index (κ1) is 15.7. The van der Waals surface area contributed by atoms with E-state index in [1.807, 2.05) is 6.92 Å². The van der Waals surface area contributed by atoms with Gasteiger partial charge in [-0.2, -0.15) is 0 Å². The van der Waals surface area contributed by atoms with Crippen LogP contribution in [0.3, 0.4) is 0 Å². The van der Waals surface area contributed by atoms with Crippen molar-refractivity contribution in [2.75, 3.05) is 13.1 Å². The molecule has 7 heteroatoms. The third kappa shape index (κ3) is 3.91. The molecular weight excluding hydrogens is 287 g/mol. The Morgan fingerprint density at radius 3 is 2.64 bits per heavy atom. The first-order valence-electron chi connectivity index (χ1n) is 6.95. The number of carbonyl (C=O) groups is 2. The molecule has 1 heterocycles. The maximum Gasteiger partial charge on any atom is 0.270 e. The second-order valence-electron chi connectivity index (χ2n) is 4.66. The molecule has 1 aromatic heterocycles. The van der Waals surface area contributed by atoms with Crippen molar-refractivity contribution in [2.45, 2.75) is 13.3 Å². The van der Waals surface area contributed by atoms with Gasteiger partial charge in [-0.05, 0) is 30.7 Å². The van der Waals surface area contributed by atoms with Crippen LogP contribution in [0.25, 0.3) is 5.69 Å². The highest BCUT2D eigenvalue weighted by molar-refractivity contribution is 5.95. The van der Waals surface area contributed by atoms with Crippen LogP contribution in [0.5, 0.6) is 0 Å². The van der Waals surface area contributed by atoms with Crippen LogP contribution < -0.4 is 10.6 Å². The van der Waals surface area contributed by atoms with E-state index in [1.54, 1.807) is 12.1 Å². The zero-order chi connectivity index (χ0) is 15.9. The molecule has 2 amide bonds. The molecule has 0 aliphatic rings. The molecule has 0 unspecified atom stereocenters. The fraction of sp³-hybridized carbons (Fsp3) is 0.267. The molecule has 0 saturated carbocycles. The van der Waals surface area contributed by atoms with E-state index in [9.17, 15) is 14.0 Å². The molecule has 0 atom stereocenters. The second-order valence-corrected chi connectivity index (χ2v) is 4.66. The van der Waals surface area contributed by atoms with Crippen molar-refractivity contribution in [1.29, 1.82) is 0 Å². The third-order valence-corrected chi connectivity index (χ3v) is 2.96. The van der Waals surface area contributed by atoms with Gasteiger partial charge in [0.25, 0.3) is 5.91 Å². The van der Waals surface area contributed by atoms with Crippen LogP contribution >= 0.6 is 0 Å². The van der Waals surface area contributed by atoms with Gasteiger partial charge in [-0.25, -0.2) is 9.37 Å². The first-order chi connectivity index (χ1) is 10.6. The third-order valence-electron chi connectivity index (χ3n) is 2.96. The monoisotopic (exact) mass is 304 g/mol. The summed E-state index contributed by atoms with van der Waals surface area (Å²) in [5, 5.41) is 5.20. The fourth-order valence-electron chi connectivity index (χ4n) is 1.85. The Kier molecular flexibility index (Phi) is 5.24. The lowest BCUT2D eigenvalue weighted by Gasteiger charge is -2.09. The van der Waals surface area contributed by atoms with E-state index < -0.39 is 5.91 Å². The number of carbonyl (C=O) groups excluding carboxylic acids is 2. The number of halogens is 1. The highest BCUT2D eigenvalue weighted by Crippen LogP contribution is 2.12. The van der Waals surface area contributed by atoms with Gasteiger partial charge in [-0.15, -0.1) is 0 Å². The van der Waals surface area contributed by atoms with E-state index in [4.69, 9.17) is 0 Å². The van der Waals surface area contributed by atoms with Gasteiger partial charge >= 0.3 is 0 Å². The van der Waals surface area contributed by atoms with Crippen LogP contribution in [0.2, 0.25) is 0 Å². The largest absolute Gasteiger partial charge is 0.355 e. The Labute approximate surface area is 127 Å². The normalized spacial score (nSPS) is 10.3. The predicted octanol–water partition coefficient (Wildman–Crippen LogP) is 1.27. The molecule has 0 aliphatic heterocycles. The Hall–Kier alpha value is -2.70. The van der Waals surface area contributed by atoms with Crippen LogP contribution in [0.4, 0.5) is 4.39 Å². The lowest BCUT2D eigenvalue weighted by atomic mass is 10.3. The Morgan fingerprint density at radius 2 is 1.95 bits per heavy atom. The molecule has 2 N–H and O–H groups in total. The minimum atomic E-state index is -0.423. The first-order valence-corrected chi connectivity index (χ1v) is 6.95. The Morgan fingerprint density at radius 1 is 1.23 bits per heavy atom. The van der Waals surface area contributed by atoms with Crippen molar-refractivity contribution in [2.24, 2.45) is 0 Å². The molecule has 6 nitrogen and oxygen atoms in total. The van der Waals surface area contributed by atoms with Crippen LogP contribution in [0.15, 0.2) is 36.8 Å². The minimum Gasteiger partial charge on any atom is -0.355 e. The van der Waals surface area contributed by atoms with E-state index in [0.29, 0.717) is 12.2 Å². The fourth-order valence-corrected chi connectivity index (χ4v) is 1.85. The highest BCUT2D eigenvalue weighted by Gasteiger charge is 2.14. The number of aromatic nitrogens is 2. The molecule has 2 rings (SSSR count). The lowest BCUT2D eigenvalue weighted by Crippen LogP contribution is -2.37. The number of amides is 2. The average Bonchev–Trinajstić information content (AvgIpc) is 3.01. The highest BCUT2D eigenvalue weighted by atomic mass is 19.1. The maximum absolute atomic E-state index is 13.0. The van der Waals surface area contributed by atoms with Crippen molar-refractivity contribution >= 4 is 11.8 Å². The van der Waals surface area contributed by atoms with Gasteiger partial charge < -0.3 is 10.6 Å². The van der Waals surface area contributed by atoms with Gasteiger partial charge in [0.2, 0.25) is 5.91 Å². The van der Waals surface area contributed by atoms with E-state index in [1.165, 1.54) is 29.2 Å². The molecule has 0 radical (unpaired) electrons. The Bertz CT molecular complexity index is 652. The number of rotatable bonds is 6. The average molecular weight is 304 g/mol. The summed E-state index contributed by atoms with van der Waals surface area (Å²) < 4.78 is 14.5. The van der Waals surface area contributed by atoms with Gasteiger partial charge in [-0.3, -0.25) is 14.2 Å². The molecule has 0 fully saturated rings. The second kappa shape index (κ2) is 7.35. The van der Waals surface area contributed by atoms with Gasteiger partial charge in [0.15, 0.2) is 0 Å². The summed E-state index contributed by atoms with van der Waals surface area (Å²) in [5.74, 6) is -1.03. The number of imidazole rings is 1. The number of nitrogens with zero attached hydrogens (tertiary/aromatic N) is 2. The van der Waals surface area contributed by atoms with Gasteiger partial charge in [-0.1, -0.05) is 6.92 Å². The van der Waals surface area contributed by atoms with E-state index in [2.05, 4.69) is 15.6 Å². The molecule has 2 aromatic rings. The van der Waals surface area contributed by atoms with E-state index >= 15 is 0 Å². The van der Waals surface area contributed by atoms with Crippen molar-refractivity contribution < 1.29 is 14.0 Å². The summed E-state index contributed by atoms with van der Waals surface area (Å²) in [6, 6.07) is 5.69. The summed E-state index contributed by atoms with van der Waals surface area (Å²) in [5.41, 5.74) is 0.884. The molecule has 0 aliphatic carbocycles. The van der Waals surface area contributed by atoms with Crippen LogP contribution in [-0.4, -0.2) is 34.5 Å². The Balaban J connectivity index is 2.04. The molecule has 0 saturated heterocycles. The van der Waals surface area contributed by atoms with Crippen molar-refractivity contribution in [3.05, 3.63) is 48.3 Å². The molecule has 0 spiro atoms. The van der Waals surface area contributed by atoms with Gasteiger partial charge in [0.05, 0.1) is 19.1 Å². The zero-order valence-corrected chi connectivity index (χ0v) is 12.2. The summed E-state index contributed by atoms with van der Waals surface area (Å²) >= 11 is 0. The zero-order valence-electron chi connectivity index (χ0n) is 12.2. The van der Waals surface area contributed by atoms with Crippen LogP contribution in [0.1, 0.15) is 23.8 Å². The standard InChI is InChI=1S/C15H17FN4O2/c1-2-7-18-14(21)9-19-15(22)13-8-17-10-20(13)12-5-3-11(16)4-6-12/h3-6,8,10H,2,7,9H2,1H3,(H,18,21)(H,19,22). The topological polar surface area (TPSA) is 76.0 Å². The van der Waals surface area contributed by atoms with Crippen molar-refractivity contribution in [1.82, 2.24) is 20.2 Å². The molecule has 1 aromatic carbocycles. The molecular formula is C15H17FN4O2. The summed E-state index contributed by atoms with van der Waals surface area (Å²) in [4.78, 5) is 27.5. The van der Waals surface area contributed by atoms with E-state index in [0.717, 1.165) is 6.42 Å². The smallest absolute Gasteiger partial charge is 0.270 e. The van der Waals surface area contributed by atoms with Crippen LogP contribution in [0, 0.1) is 5.82 Å².